The molecule has 6 rings (SSSR count). The van der Waals surface area contributed by atoms with Crippen molar-refractivity contribution in [2.45, 2.75) is 45.2 Å². The summed E-state index contributed by atoms with van der Waals surface area (Å²) in [6.45, 7) is 6.35. The average molecular weight is 492 g/mol. The molecule has 5 aromatic rings. The van der Waals surface area contributed by atoms with E-state index in [0.29, 0.717) is 6.04 Å². The second-order valence-electron chi connectivity index (χ2n) is 9.87. The Bertz CT molecular complexity index is 1470. The van der Waals surface area contributed by atoms with Crippen LogP contribution in [0.2, 0.25) is 0 Å². The van der Waals surface area contributed by atoms with Gasteiger partial charge in [0.2, 0.25) is 0 Å². The summed E-state index contributed by atoms with van der Waals surface area (Å²) in [4.78, 5) is 21.1. The minimum Gasteiger partial charge on any atom is -0.341 e. The van der Waals surface area contributed by atoms with E-state index < -0.39 is 0 Å². The van der Waals surface area contributed by atoms with Gasteiger partial charge in [0, 0.05) is 17.3 Å². The van der Waals surface area contributed by atoms with E-state index in [4.69, 9.17) is 9.97 Å². The molecule has 7 nitrogen and oxygen atoms in total. The van der Waals surface area contributed by atoms with Gasteiger partial charge in [0.05, 0.1) is 40.7 Å². The number of imidazole rings is 2. The van der Waals surface area contributed by atoms with Gasteiger partial charge in [-0.2, -0.15) is 0 Å². The summed E-state index contributed by atoms with van der Waals surface area (Å²) in [6.07, 6.45) is 7.30. The molecule has 0 unspecified atom stereocenters. The Morgan fingerprint density at radius 1 is 0.919 bits per heavy atom. The summed E-state index contributed by atoms with van der Waals surface area (Å²) >= 11 is 0. The molecule has 0 spiro atoms. The molecule has 4 N–H and O–H groups in total. The maximum Gasteiger partial charge on any atom is 0.124 e. The van der Waals surface area contributed by atoms with E-state index >= 15 is 0 Å². The second-order valence-corrected chi connectivity index (χ2v) is 9.87. The van der Waals surface area contributed by atoms with Crippen LogP contribution in [0.4, 0.5) is 0 Å². The number of hydrogen-bond donors (Lipinski definition) is 4. The maximum absolute atomic E-state index is 4.79. The number of hydrogen-bond acceptors (Lipinski definition) is 5. The van der Waals surface area contributed by atoms with E-state index in [-0.39, 0.29) is 6.04 Å². The number of aromatic nitrogens is 5. The summed E-state index contributed by atoms with van der Waals surface area (Å²) in [5.74, 6) is 2.00. The van der Waals surface area contributed by atoms with Crippen LogP contribution in [0.25, 0.3) is 44.7 Å². The van der Waals surface area contributed by atoms with E-state index in [1.807, 2.05) is 12.4 Å². The standard InChI is InChI=1S/C30H33N7/c1-3-14-31-19(2)29-34-18-28(37-29)21-8-6-20(7-9-21)24-12-11-23(17-33-24)22-10-13-25-27(16-22)36-30(35-25)26-5-4-15-32-26/h6-13,16-19,26,31-32H,3-5,14-15H2,1-2H3,(H,34,37)(H,35,36)/t19-,26-/m0/s1. The van der Waals surface area contributed by atoms with Gasteiger partial charge in [0.1, 0.15) is 11.6 Å². The van der Waals surface area contributed by atoms with Gasteiger partial charge in [0.25, 0.3) is 0 Å². The number of nitrogens with zero attached hydrogens (tertiary/aromatic N) is 3. The summed E-state index contributed by atoms with van der Waals surface area (Å²) in [5.41, 5.74) is 8.48. The van der Waals surface area contributed by atoms with E-state index in [2.05, 4.69) is 94.0 Å². The first-order valence-electron chi connectivity index (χ1n) is 13.3. The Balaban J connectivity index is 1.17. The van der Waals surface area contributed by atoms with Crippen LogP contribution in [0.5, 0.6) is 0 Å². The number of fused-ring (bicyclic) bond motifs is 1. The topological polar surface area (TPSA) is 94.3 Å². The third kappa shape index (κ3) is 4.92. The van der Waals surface area contributed by atoms with Gasteiger partial charge in [0.15, 0.2) is 0 Å². The number of benzene rings is 2. The number of aromatic amines is 2. The zero-order valence-corrected chi connectivity index (χ0v) is 21.4. The quantitative estimate of drug-likeness (QED) is 0.208. The van der Waals surface area contributed by atoms with Gasteiger partial charge in [-0.25, -0.2) is 9.97 Å². The highest BCUT2D eigenvalue weighted by Crippen LogP contribution is 2.29. The van der Waals surface area contributed by atoms with Crippen molar-refractivity contribution in [1.82, 2.24) is 35.6 Å². The highest BCUT2D eigenvalue weighted by atomic mass is 15.0. The van der Waals surface area contributed by atoms with Gasteiger partial charge in [-0.1, -0.05) is 43.3 Å². The fourth-order valence-electron chi connectivity index (χ4n) is 5.01. The molecule has 1 fully saturated rings. The van der Waals surface area contributed by atoms with Crippen LogP contribution in [0.3, 0.4) is 0 Å². The molecule has 1 aliphatic heterocycles. The normalized spacial score (nSPS) is 16.4. The molecule has 0 radical (unpaired) electrons. The predicted molar refractivity (Wildman–Crippen MR) is 149 cm³/mol. The van der Waals surface area contributed by atoms with Crippen LogP contribution in [0, 0.1) is 0 Å². The number of H-pyrrole nitrogens is 2. The highest BCUT2D eigenvalue weighted by Gasteiger charge is 2.19. The summed E-state index contributed by atoms with van der Waals surface area (Å²) < 4.78 is 0. The van der Waals surface area contributed by atoms with Crippen molar-refractivity contribution in [3.05, 3.63) is 78.6 Å². The maximum atomic E-state index is 4.79. The molecule has 0 amide bonds. The molecule has 0 saturated carbocycles. The van der Waals surface area contributed by atoms with Crippen molar-refractivity contribution >= 4 is 11.0 Å². The fraction of sp³-hybridized carbons (Fsp3) is 0.300. The summed E-state index contributed by atoms with van der Waals surface area (Å²) in [6, 6.07) is 19.6. The Morgan fingerprint density at radius 3 is 2.49 bits per heavy atom. The Labute approximate surface area is 217 Å². The largest absolute Gasteiger partial charge is 0.341 e. The van der Waals surface area contributed by atoms with Crippen LogP contribution in [-0.2, 0) is 0 Å². The van der Waals surface area contributed by atoms with Crippen LogP contribution >= 0.6 is 0 Å². The number of nitrogens with one attached hydrogen (secondary N) is 4. The number of pyridine rings is 1. The van der Waals surface area contributed by atoms with E-state index in [9.17, 15) is 0 Å². The average Bonchev–Trinajstić information content (AvgIpc) is 3.72. The Morgan fingerprint density at radius 2 is 1.73 bits per heavy atom. The molecule has 1 saturated heterocycles. The van der Waals surface area contributed by atoms with Crippen LogP contribution < -0.4 is 10.6 Å². The lowest BCUT2D eigenvalue weighted by Gasteiger charge is -2.09. The first-order chi connectivity index (χ1) is 18.2. The molecule has 2 aromatic carbocycles. The third-order valence-electron chi connectivity index (χ3n) is 7.19. The van der Waals surface area contributed by atoms with Crippen molar-refractivity contribution in [3.8, 4) is 33.6 Å². The zero-order chi connectivity index (χ0) is 25.2. The van der Waals surface area contributed by atoms with Crippen LogP contribution in [-0.4, -0.2) is 38.0 Å². The van der Waals surface area contributed by atoms with E-state index in [1.54, 1.807) is 0 Å². The van der Waals surface area contributed by atoms with Gasteiger partial charge < -0.3 is 20.6 Å². The summed E-state index contributed by atoms with van der Waals surface area (Å²) in [7, 11) is 0. The fourth-order valence-corrected chi connectivity index (χ4v) is 5.01. The molecular formula is C30H33N7. The van der Waals surface area contributed by atoms with Crippen molar-refractivity contribution < 1.29 is 0 Å². The molecule has 3 aromatic heterocycles. The molecule has 0 aliphatic carbocycles. The van der Waals surface area contributed by atoms with Crippen molar-refractivity contribution in [1.29, 1.82) is 0 Å². The second kappa shape index (κ2) is 10.3. The Kier molecular flexibility index (Phi) is 6.55. The van der Waals surface area contributed by atoms with Crippen molar-refractivity contribution in [3.63, 3.8) is 0 Å². The van der Waals surface area contributed by atoms with E-state index in [1.165, 1.54) is 6.42 Å². The van der Waals surface area contributed by atoms with Gasteiger partial charge >= 0.3 is 0 Å². The smallest absolute Gasteiger partial charge is 0.124 e. The van der Waals surface area contributed by atoms with E-state index in [0.717, 1.165) is 82.3 Å². The molecule has 0 bridgehead atoms. The molecule has 1 aliphatic rings. The van der Waals surface area contributed by atoms with Crippen LogP contribution in [0.1, 0.15) is 56.8 Å². The third-order valence-corrected chi connectivity index (χ3v) is 7.19. The molecule has 4 heterocycles. The minimum absolute atomic E-state index is 0.205. The van der Waals surface area contributed by atoms with Gasteiger partial charge in [-0.3, -0.25) is 4.98 Å². The minimum atomic E-state index is 0.205. The van der Waals surface area contributed by atoms with Crippen molar-refractivity contribution in [2.75, 3.05) is 13.1 Å². The Hall–Kier alpha value is -3.81. The monoisotopic (exact) mass is 491 g/mol. The predicted octanol–water partition coefficient (Wildman–Crippen LogP) is 6.17. The molecule has 2 atom stereocenters. The van der Waals surface area contributed by atoms with Crippen molar-refractivity contribution in [2.24, 2.45) is 0 Å². The first kappa shape index (κ1) is 23.6. The lowest BCUT2D eigenvalue weighted by atomic mass is 10.0. The number of rotatable bonds is 8. The SMILES string of the molecule is CCCN[C@@H](C)c1ncc(-c2ccc(-c3ccc(-c4ccc5nc([C@@H]6CCCN6)[nH]c5c4)cn3)cc2)[nH]1. The zero-order valence-electron chi connectivity index (χ0n) is 21.4. The summed E-state index contributed by atoms with van der Waals surface area (Å²) in [5, 5.41) is 6.99. The highest BCUT2D eigenvalue weighted by molar-refractivity contribution is 5.82. The van der Waals surface area contributed by atoms with Crippen LogP contribution in [0.15, 0.2) is 67.0 Å². The first-order valence-corrected chi connectivity index (χ1v) is 13.3. The molecular weight excluding hydrogens is 458 g/mol. The molecule has 37 heavy (non-hydrogen) atoms. The van der Waals surface area contributed by atoms with Gasteiger partial charge in [-0.05, 0) is 68.6 Å². The lowest BCUT2D eigenvalue weighted by molar-refractivity contribution is 0.549. The molecule has 7 heteroatoms. The van der Waals surface area contributed by atoms with Gasteiger partial charge in [-0.15, -0.1) is 0 Å². The molecule has 188 valence electrons. The lowest BCUT2D eigenvalue weighted by Crippen LogP contribution is -2.20.